The highest BCUT2D eigenvalue weighted by Gasteiger charge is 2.25. The number of hydrogen-bond donors (Lipinski definition) is 0. The van der Waals surface area contributed by atoms with Crippen molar-refractivity contribution in [3.05, 3.63) is 75.8 Å². The van der Waals surface area contributed by atoms with Gasteiger partial charge in [-0.3, -0.25) is 4.79 Å². The highest BCUT2D eigenvalue weighted by Crippen LogP contribution is 2.41. The van der Waals surface area contributed by atoms with Gasteiger partial charge >= 0.3 is 0 Å². The number of benzene rings is 2. The fourth-order valence-electron chi connectivity index (χ4n) is 2.71. The molecular weight excluding hydrogens is 356 g/mol. The Morgan fingerprint density at radius 1 is 1.08 bits per heavy atom. The number of carbonyl (C=O) groups is 1. The molecule has 2 heterocycles. The first-order valence-corrected chi connectivity index (χ1v) is 8.82. The van der Waals surface area contributed by atoms with Crippen molar-refractivity contribution >= 4 is 35.2 Å². The Morgan fingerprint density at radius 3 is 2.72 bits per heavy atom. The van der Waals surface area contributed by atoms with Crippen molar-refractivity contribution in [3.8, 4) is 17.1 Å². The molecule has 1 aliphatic rings. The van der Waals surface area contributed by atoms with E-state index in [1.807, 2.05) is 36.4 Å². The van der Waals surface area contributed by atoms with E-state index in [1.54, 1.807) is 31.4 Å². The monoisotopic (exact) mass is 368 g/mol. The van der Waals surface area contributed by atoms with Gasteiger partial charge in [-0.15, -0.1) is 0 Å². The Labute approximate surface area is 154 Å². The molecule has 4 rings (SSSR count). The summed E-state index contributed by atoms with van der Waals surface area (Å²) in [6, 6.07) is 16.6. The Balaban J connectivity index is 1.68. The number of rotatable bonds is 3. The molecule has 3 aromatic rings. The van der Waals surface area contributed by atoms with Crippen LogP contribution in [0.5, 0.6) is 5.75 Å². The van der Waals surface area contributed by atoms with Gasteiger partial charge in [-0.1, -0.05) is 35.5 Å². The first-order chi connectivity index (χ1) is 12.2. The van der Waals surface area contributed by atoms with Crippen molar-refractivity contribution in [1.82, 2.24) is 0 Å². The molecule has 0 atom stereocenters. The molecule has 0 unspecified atom stereocenters. The summed E-state index contributed by atoms with van der Waals surface area (Å²) in [7, 11) is 1.60. The maximum Gasteiger partial charge on any atom is 0.200 e. The lowest BCUT2D eigenvalue weighted by molar-refractivity contribution is 0.104. The fourth-order valence-corrected chi connectivity index (χ4v) is 3.92. The largest absolute Gasteiger partial charge is 0.496 e. The summed E-state index contributed by atoms with van der Waals surface area (Å²) < 4.78 is 11.3. The van der Waals surface area contributed by atoms with E-state index in [-0.39, 0.29) is 5.78 Å². The minimum Gasteiger partial charge on any atom is -0.496 e. The summed E-state index contributed by atoms with van der Waals surface area (Å²) in [5, 5.41) is 0.601. The molecule has 124 valence electrons. The lowest BCUT2D eigenvalue weighted by atomic mass is 10.1. The first kappa shape index (κ1) is 16.1. The second-order valence-electron chi connectivity index (χ2n) is 5.48. The van der Waals surface area contributed by atoms with Gasteiger partial charge in [-0.2, -0.15) is 0 Å². The van der Waals surface area contributed by atoms with Crippen molar-refractivity contribution in [2.45, 2.75) is 4.90 Å². The van der Waals surface area contributed by atoms with Crippen LogP contribution in [0, 0.1) is 0 Å². The van der Waals surface area contributed by atoms with E-state index in [0.717, 1.165) is 16.0 Å². The van der Waals surface area contributed by atoms with E-state index in [9.17, 15) is 4.79 Å². The highest BCUT2D eigenvalue weighted by molar-refractivity contribution is 8.04. The number of methoxy groups -OCH3 is 1. The van der Waals surface area contributed by atoms with Crippen molar-refractivity contribution in [2.75, 3.05) is 7.11 Å². The van der Waals surface area contributed by atoms with Crippen LogP contribution in [-0.2, 0) is 0 Å². The summed E-state index contributed by atoms with van der Waals surface area (Å²) in [4.78, 5) is 14.1. The second kappa shape index (κ2) is 6.47. The van der Waals surface area contributed by atoms with Crippen molar-refractivity contribution in [2.24, 2.45) is 0 Å². The smallest absolute Gasteiger partial charge is 0.200 e. The fraction of sp³-hybridized carbons (Fsp3) is 0.0500. The van der Waals surface area contributed by atoms with Crippen molar-refractivity contribution in [1.29, 1.82) is 0 Å². The molecule has 5 heteroatoms. The third kappa shape index (κ3) is 2.99. The van der Waals surface area contributed by atoms with Gasteiger partial charge in [-0.25, -0.2) is 0 Å². The van der Waals surface area contributed by atoms with Gasteiger partial charge in [0.05, 0.1) is 17.6 Å². The van der Waals surface area contributed by atoms with Gasteiger partial charge in [0.2, 0.25) is 5.78 Å². The third-order valence-electron chi connectivity index (χ3n) is 3.90. The predicted molar refractivity (Wildman–Crippen MR) is 100 cm³/mol. The van der Waals surface area contributed by atoms with Crippen molar-refractivity contribution < 1.29 is 13.9 Å². The molecule has 0 saturated carbocycles. The number of carbonyl (C=O) groups excluding carboxylic acids is 1. The average Bonchev–Trinajstić information content (AvgIpc) is 3.21. The van der Waals surface area contributed by atoms with E-state index >= 15 is 0 Å². The third-order valence-corrected chi connectivity index (χ3v) is 5.24. The molecule has 0 radical (unpaired) electrons. The molecule has 2 aromatic carbocycles. The van der Waals surface area contributed by atoms with Crippen LogP contribution in [0.1, 0.15) is 16.1 Å². The molecule has 0 amide bonds. The Hall–Kier alpha value is -2.43. The summed E-state index contributed by atoms with van der Waals surface area (Å²) >= 11 is 7.54. The zero-order valence-corrected chi connectivity index (χ0v) is 14.9. The first-order valence-electron chi connectivity index (χ1n) is 7.63. The number of halogens is 1. The van der Waals surface area contributed by atoms with E-state index in [2.05, 4.69) is 0 Å². The normalized spacial score (nSPS) is 14.8. The molecule has 0 bridgehead atoms. The Bertz CT molecular complexity index is 1000. The lowest BCUT2D eigenvalue weighted by Crippen LogP contribution is -1.93. The predicted octanol–water partition coefficient (Wildman–Crippen LogP) is 5.94. The van der Waals surface area contributed by atoms with Crippen molar-refractivity contribution in [3.63, 3.8) is 0 Å². The summed E-state index contributed by atoms with van der Waals surface area (Å²) in [5.74, 6) is 1.95. The van der Waals surface area contributed by atoms with E-state index in [4.69, 9.17) is 20.8 Å². The number of thioether (sulfide) groups is 1. The molecule has 0 aliphatic carbocycles. The quantitative estimate of drug-likeness (QED) is 0.536. The maximum absolute atomic E-state index is 12.5. The topological polar surface area (TPSA) is 39.4 Å². The highest BCUT2D eigenvalue weighted by atomic mass is 35.5. The molecule has 25 heavy (non-hydrogen) atoms. The van der Waals surface area contributed by atoms with Crippen LogP contribution < -0.4 is 4.74 Å². The number of ketones is 1. The van der Waals surface area contributed by atoms with Gasteiger partial charge in [0.15, 0.2) is 0 Å². The second-order valence-corrected chi connectivity index (χ2v) is 7.00. The van der Waals surface area contributed by atoms with Gasteiger partial charge in [0.25, 0.3) is 0 Å². The maximum atomic E-state index is 12.5. The van der Waals surface area contributed by atoms with Gasteiger partial charge in [0, 0.05) is 15.5 Å². The van der Waals surface area contributed by atoms with Crippen LogP contribution in [-0.4, -0.2) is 12.9 Å². The molecule has 1 aliphatic heterocycles. The summed E-state index contributed by atoms with van der Waals surface area (Å²) in [5.41, 5.74) is 1.51. The zero-order chi connectivity index (χ0) is 17.4. The Kier molecular flexibility index (Phi) is 4.15. The van der Waals surface area contributed by atoms with E-state index in [1.165, 1.54) is 11.8 Å². The number of hydrogen-bond acceptors (Lipinski definition) is 4. The van der Waals surface area contributed by atoms with Gasteiger partial charge < -0.3 is 9.15 Å². The zero-order valence-electron chi connectivity index (χ0n) is 13.3. The molecule has 0 fully saturated rings. The minimum absolute atomic E-state index is 0.0267. The van der Waals surface area contributed by atoms with Crippen LogP contribution in [0.2, 0.25) is 5.02 Å². The molecule has 0 saturated heterocycles. The van der Waals surface area contributed by atoms with Crippen LogP contribution in [0.4, 0.5) is 0 Å². The standard InChI is InChI=1S/C20H13ClO3S/c1-23-16-8-6-12(21)10-15(16)17-9-7-13(24-17)11-19-20(22)14-4-2-3-5-18(14)25-19/h2-11H,1H3/b19-11-. The Morgan fingerprint density at radius 2 is 1.92 bits per heavy atom. The minimum atomic E-state index is 0.0267. The lowest BCUT2D eigenvalue weighted by Gasteiger charge is -2.06. The van der Waals surface area contributed by atoms with Gasteiger partial charge in [0.1, 0.15) is 17.3 Å². The number of fused-ring (bicyclic) bond motifs is 1. The van der Waals surface area contributed by atoms with Crippen LogP contribution >= 0.6 is 23.4 Å². The number of Topliss-reactive ketones (excluding diaryl/α,β-unsaturated/α-hetero) is 1. The average molecular weight is 369 g/mol. The van der Waals surface area contributed by atoms with Crippen LogP contribution in [0.15, 0.2) is 68.8 Å². The molecular formula is C20H13ClO3S. The van der Waals surface area contributed by atoms with Gasteiger partial charge in [-0.05, 0) is 48.5 Å². The molecule has 0 N–H and O–H groups in total. The summed E-state index contributed by atoms with van der Waals surface area (Å²) in [6.07, 6.45) is 1.77. The number of allylic oxidation sites excluding steroid dienone is 1. The summed E-state index contributed by atoms with van der Waals surface area (Å²) in [6.45, 7) is 0. The molecule has 0 spiro atoms. The van der Waals surface area contributed by atoms with E-state index in [0.29, 0.717) is 27.2 Å². The number of furan rings is 1. The van der Waals surface area contributed by atoms with Crippen LogP contribution in [0.3, 0.4) is 0 Å². The van der Waals surface area contributed by atoms with Crippen LogP contribution in [0.25, 0.3) is 17.4 Å². The number of ether oxygens (including phenoxy) is 1. The molecule has 3 nitrogen and oxygen atoms in total. The SMILES string of the molecule is COc1ccc(Cl)cc1-c1ccc(/C=C2\Sc3ccccc3C2=O)o1. The molecule has 1 aromatic heterocycles. The van der Waals surface area contributed by atoms with E-state index < -0.39 is 0 Å².